The van der Waals surface area contributed by atoms with E-state index < -0.39 is 0 Å². The average Bonchev–Trinajstić information content (AvgIpc) is 3.18. The Morgan fingerprint density at radius 3 is 2.52 bits per heavy atom. The smallest absolute Gasteiger partial charge is 0.258 e. The SMILES string of the molecule is O=C(Nc1ccccc1-c1nc2ccccc2s1)c1cc(Cl)sc1Cl. The summed E-state index contributed by atoms with van der Waals surface area (Å²) >= 11 is 14.8. The maximum absolute atomic E-state index is 12.5. The van der Waals surface area contributed by atoms with E-state index in [0.29, 0.717) is 19.9 Å². The average molecular weight is 405 g/mol. The summed E-state index contributed by atoms with van der Waals surface area (Å²) in [5.41, 5.74) is 2.87. The molecule has 0 radical (unpaired) electrons. The predicted molar refractivity (Wildman–Crippen MR) is 107 cm³/mol. The van der Waals surface area contributed by atoms with Crippen molar-refractivity contribution in [3.63, 3.8) is 0 Å². The number of fused-ring (bicyclic) bond motifs is 1. The number of para-hydroxylation sites is 2. The van der Waals surface area contributed by atoms with Crippen LogP contribution in [-0.4, -0.2) is 10.9 Å². The summed E-state index contributed by atoms with van der Waals surface area (Å²) in [6.07, 6.45) is 0. The van der Waals surface area contributed by atoms with E-state index >= 15 is 0 Å². The molecule has 0 bridgehead atoms. The van der Waals surface area contributed by atoms with E-state index in [4.69, 9.17) is 23.2 Å². The van der Waals surface area contributed by atoms with Gasteiger partial charge in [-0.05, 0) is 30.3 Å². The minimum Gasteiger partial charge on any atom is -0.321 e. The first-order chi connectivity index (χ1) is 12.1. The van der Waals surface area contributed by atoms with Gasteiger partial charge in [0, 0.05) is 5.56 Å². The van der Waals surface area contributed by atoms with Crippen molar-refractivity contribution in [1.29, 1.82) is 0 Å². The van der Waals surface area contributed by atoms with Crippen molar-refractivity contribution in [1.82, 2.24) is 4.98 Å². The first-order valence-corrected chi connectivity index (χ1v) is 9.72. The Hall–Kier alpha value is -1.92. The highest BCUT2D eigenvalue weighted by molar-refractivity contribution is 7.21. The molecule has 0 atom stereocenters. The maximum atomic E-state index is 12.5. The Balaban J connectivity index is 1.71. The predicted octanol–water partition coefficient (Wildman–Crippen LogP) is 6.58. The van der Waals surface area contributed by atoms with Gasteiger partial charge in [0.25, 0.3) is 5.91 Å². The number of nitrogens with one attached hydrogen (secondary N) is 1. The number of aromatic nitrogens is 1. The van der Waals surface area contributed by atoms with Crippen molar-refractivity contribution in [2.75, 3.05) is 5.32 Å². The van der Waals surface area contributed by atoms with Gasteiger partial charge in [0.05, 0.1) is 25.8 Å². The lowest BCUT2D eigenvalue weighted by atomic mass is 10.1. The normalized spacial score (nSPS) is 11.0. The number of carbonyl (C=O) groups is 1. The Bertz CT molecular complexity index is 1050. The van der Waals surface area contributed by atoms with Crippen molar-refractivity contribution >= 4 is 67.7 Å². The van der Waals surface area contributed by atoms with Crippen LogP contribution in [0.1, 0.15) is 10.4 Å². The molecule has 0 saturated carbocycles. The molecule has 0 saturated heterocycles. The second-order valence-corrected chi connectivity index (χ2v) is 8.54. The maximum Gasteiger partial charge on any atom is 0.258 e. The second kappa shape index (κ2) is 6.77. The zero-order valence-corrected chi connectivity index (χ0v) is 15.8. The van der Waals surface area contributed by atoms with Crippen LogP contribution >= 0.6 is 45.9 Å². The third-order valence-corrected chi connectivity index (χ3v) is 6.16. The van der Waals surface area contributed by atoms with E-state index in [1.54, 1.807) is 17.4 Å². The van der Waals surface area contributed by atoms with Crippen LogP contribution in [0.3, 0.4) is 0 Å². The lowest BCUT2D eigenvalue weighted by Crippen LogP contribution is -2.12. The highest BCUT2D eigenvalue weighted by Crippen LogP contribution is 2.36. The molecule has 0 aliphatic heterocycles. The van der Waals surface area contributed by atoms with Crippen LogP contribution in [0.5, 0.6) is 0 Å². The number of hydrogen-bond donors (Lipinski definition) is 1. The number of benzene rings is 2. The Labute approximate surface area is 161 Å². The second-order valence-electron chi connectivity index (χ2n) is 5.22. The number of thiazole rings is 1. The number of nitrogens with zero attached hydrogens (tertiary/aromatic N) is 1. The van der Waals surface area contributed by atoms with E-state index in [-0.39, 0.29) is 5.91 Å². The molecule has 3 nitrogen and oxygen atoms in total. The van der Waals surface area contributed by atoms with Gasteiger partial charge in [-0.3, -0.25) is 4.79 Å². The Morgan fingerprint density at radius 2 is 1.76 bits per heavy atom. The molecule has 25 heavy (non-hydrogen) atoms. The summed E-state index contributed by atoms with van der Waals surface area (Å²) in [5.74, 6) is -0.290. The number of rotatable bonds is 3. The van der Waals surface area contributed by atoms with Crippen LogP contribution in [0.4, 0.5) is 5.69 Å². The number of halogens is 2. The molecular formula is C18H10Cl2N2OS2. The summed E-state index contributed by atoms with van der Waals surface area (Å²) < 4.78 is 1.96. The van der Waals surface area contributed by atoms with Crippen LogP contribution in [0.25, 0.3) is 20.8 Å². The number of hydrogen-bond acceptors (Lipinski definition) is 4. The van der Waals surface area contributed by atoms with Gasteiger partial charge in [-0.15, -0.1) is 22.7 Å². The van der Waals surface area contributed by atoms with Crippen LogP contribution < -0.4 is 5.32 Å². The lowest BCUT2D eigenvalue weighted by molar-refractivity contribution is 0.102. The minimum absolute atomic E-state index is 0.290. The van der Waals surface area contributed by atoms with Gasteiger partial charge in [0.15, 0.2) is 0 Å². The minimum atomic E-state index is -0.290. The van der Waals surface area contributed by atoms with Gasteiger partial charge in [0.2, 0.25) is 0 Å². The van der Waals surface area contributed by atoms with Gasteiger partial charge in [-0.1, -0.05) is 47.5 Å². The molecule has 1 amide bonds. The first-order valence-electron chi connectivity index (χ1n) is 7.33. The summed E-state index contributed by atoms with van der Waals surface area (Å²) in [7, 11) is 0. The molecule has 0 spiro atoms. The zero-order chi connectivity index (χ0) is 17.4. The number of amides is 1. The molecule has 4 rings (SSSR count). The van der Waals surface area contributed by atoms with Crippen LogP contribution in [0, 0.1) is 0 Å². The summed E-state index contributed by atoms with van der Waals surface area (Å²) in [4.78, 5) is 17.2. The van der Waals surface area contributed by atoms with Crippen molar-refractivity contribution in [2.24, 2.45) is 0 Å². The van der Waals surface area contributed by atoms with Crippen LogP contribution in [0.2, 0.25) is 8.67 Å². The first kappa shape index (κ1) is 16.5. The molecule has 0 aliphatic carbocycles. The fraction of sp³-hybridized carbons (Fsp3) is 0. The molecule has 2 aromatic heterocycles. The van der Waals surface area contributed by atoms with Crippen LogP contribution in [-0.2, 0) is 0 Å². The molecule has 2 heterocycles. The quantitative estimate of drug-likeness (QED) is 0.418. The fourth-order valence-electron chi connectivity index (χ4n) is 2.45. The van der Waals surface area contributed by atoms with Gasteiger partial charge < -0.3 is 5.32 Å². The Kier molecular flexibility index (Phi) is 4.48. The summed E-state index contributed by atoms with van der Waals surface area (Å²) in [6, 6.07) is 17.1. The third-order valence-electron chi connectivity index (χ3n) is 3.60. The summed E-state index contributed by atoms with van der Waals surface area (Å²) in [5, 5.41) is 3.77. The van der Waals surface area contributed by atoms with E-state index in [1.165, 1.54) is 11.3 Å². The van der Waals surface area contributed by atoms with Crippen molar-refractivity contribution in [3.05, 3.63) is 68.8 Å². The standard InChI is InChI=1S/C18H10Cl2N2OS2/c19-15-9-11(16(20)25-15)17(23)21-12-6-2-1-5-10(12)18-22-13-7-3-4-8-14(13)24-18/h1-9H,(H,21,23). The number of carbonyl (C=O) groups excluding carboxylic acids is 1. The third kappa shape index (κ3) is 3.28. The van der Waals surface area contributed by atoms with Gasteiger partial charge in [-0.2, -0.15) is 0 Å². The molecule has 0 aliphatic rings. The van der Waals surface area contributed by atoms with E-state index in [2.05, 4.69) is 10.3 Å². The molecule has 4 aromatic rings. The highest BCUT2D eigenvalue weighted by Gasteiger charge is 2.17. The van der Waals surface area contributed by atoms with Gasteiger partial charge in [-0.25, -0.2) is 4.98 Å². The monoisotopic (exact) mass is 404 g/mol. The lowest BCUT2D eigenvalue weighted by Gasteiger charge is -2.08. The topological polar surface area (TPSA) is 42.0 Å². The largest absolute Gasteiger partial charge is 0.321 e. The zero-order valence-electron chi connectivity index (χ0n) is 12.6. The highest BCUT2D eigenvalue weighted by atomic mass is 35.5. The fourth-order valence-corrected chi connectivity index (χ4v) is 4.91. The van der Waals surface area contributed by atoms with E-state index in [1.807, 2.05) is 48.5 Å². The van der Waals surface area contributed by atoms with Crippen molar-refractivity contribution in [3.8, 4) is 10.6 Å². The van der Waals surface area contributed by atoms with Crippen molar-refractivity contribution < 1.29 is 4.79 Å². The van der Waals surface area contributed by atoms with E-state index in [0.717, 1.165) is 20.8 Å². The van der Waals surface area contributed by atoms with Gasteiger partial charge in [0.1, 0.15) is 9.34 Å². The van der Waals surface area contributed by atoms with E-state index in [9.17, 15) is 4.79 Å². The Morgan fingerprint density at radius 1 is 1.00 bits per heavy atom. The molecule has 1 N–H and O–H groups in total. The molecule has 7 heteroatoms. The molecule has 2 aromatic carbocycles. The molecule has 0 unspecified atom stereocenters. The van der Waals surface area contributed by atoms with Gasteiger partial charge >= 0.3 is 0 Å². The van der Waals surface area contributed by atoms with Crippen molar-refractivity contribution in [2.45, 2.75) is 0 Å². The number of thiophene rings is 1. The molecule has 0 fully saturated rings. The molecular weight excluding hydrogens is 395 g/mol. The van der Waals surface area contributed by atoms with Crippen LogP contribution in [0.15, 0.2) is 54.6 Å². The summed E-state index contributed by atoms with van der Waals surface area (Å²) in [6.45, 7) is 0. The molecule has 124 valence electrons. The number of anilines is 1.